The minimum atomic E-state index is -0.334. The average Bonchev–Trinajstić information content (AvgIpc) is 2.73. The van der Waals surface area contributed by atoms with Crippen LogP contribution in [0.2, 0.25) is 0 Å². The van der Waals surface area contributed by atoms with E-state index in [1.54, 1.807) is 22.8 Å². The molecule has 0 saturated carbocycles. The quantitative estimate of drug-likeness (QED) is 0.867. The third-order valence-electron chi connectivity index (χ3n) is 4.30. The van der Waals surface area contributed by atoms with Crippen LogP contribution in [0.25, 0.3) is 0 Å². The van der Waals surface area contributed by atoms with Gasteiger partial charge in [-0.05, 0) is 12.5 Å². The number of carbonyl (C=O) groups excluding carboxylic acids is 2. The van der Waals surface area contributed by atoms with Gasteiger partial charge >= 0.3 is 6.09 Å². The van der Waals surface area contributed by atoms with Gasteiger partial charge in [0.05, 0.1) is 6.61 Å². The van der Waals surface area contributed by atoms with Crippen molar-refractivity contribution < 1.29 is 14.3 Å². The normalized spacial score (nSPS) is 14.0. The molecule has 27 heavy (non-hydrogen) atoms. The Labute approximate surface area is 158 Å². The highest BCUT2D eigenvalue weighted by Crippen LogP contribution is 2.11. The summed E-state index contributed by atoms with van der Waals surface area (Å²) in [7, 11) is 0. The Morgan fingerprint density at radius 2 is 1.78 bits per heavy atom. The van der Waals surface area contributed by atoms with Gasteiger partial charge in [-0.3, -0.25) is 4.79 Å². The first kappa shape index (κ1) is 18.6. The highest BCUT2D eigenvalue weighted by Gasteiger charge is 2.26. The molecule has 8 heteroatoms. The van der Waals surface area contributed by atoms with Crippen LogP contribution >= 0.6 is 0 Å². The maximum absolute atomic E-state index is 12.7. The minimum absolute atomic E-state index is 0.163. The summed E-state index contributed by atoms with van der Waals surface area (Å²) in [6.07, 6.45) is 1.05. The molecule has 0 bridgehead atoms. The Morgan fingerprint density at radius 3 is 2.48 bits per heavy atom. The molecule has 0 unspecified atom stereocenters. The van der Waals surface area contributed by atoms with Crippen molar-refractivity contribution in [3.8, 4) is 0 Å². The topological polar surface area (TPSA) is 87.7 Å². The number of hydrogen-bond donors (Lipinski definition) is 1. The number of ether oxygens (including phenoxy) is 1. The molecule has 1 aromatic heterocycles. The molecule has 0 atom stereocenters. The molecule has 1 aliphatic heterocycles. The third-order valence-corrected chi connectivity index (χ3v) is 4.30. The lowest BCUT2D eigenvalue weighted by Gasteiger charge is -2.33. The first-order valence-corrected chi connectivity index (χ1v) is 8.98. The van der Waals surface area contributed by atoms with E-state index in [1.165, 1.54) is 6.33 Å². The van der Waals surface area contributed by atoms with Gasteiger partial charge < -0.3 is 19.9 Å². The number of rotatable bonds is 5. The van der Waals surface area contributed by atoms with E-state index in [0.717, 1.165) is 5.56 Å². The lowest BCUT2D eigenvalue weighted by Crippen LogP contribution is -2.50. The fraction of sp³-hybridized carbons (Fsp3) is 0.368. The van der Waals surface area contributed by atoms with Crippen LogP contribution in [0, 0.1) is 0 Å². The Morgan fingerprint density at radius 1 is 1.07 bits per heavy atom. The summed E-state index contributed by atoms with van der Waals surface area (Å²) in [6.45, 7) is 4.55. The van der Waals surface area contributed by atoms with Crippen molar-refractivity contribution in [1.29, 1.82) is 0 Å². The predicted octanol–water partition coefficient (Wildman–Crippen LogP) is 2.00. The molecule has 142 valence electrons. The van der Waals surface area contributed by atoms with E-state index in [2.05, 4.69) is 15.3 Å². The Balaban J connectivity index is 1.57. The molecule has 2 aromatic rings. The van der Waals surface area contributed by atoms with Crippen LogP contribution in [-0.2, 0) is 11.3 Å². The third kappa shape index (κ3) is 4.93. The van der Waals surface area contributed by atoms with Gasteiger partial charge in [-0.15, -0.1) is 0 Å². The molecule has 3 rings (SSSR count). The second-order valence-electron chi connectivity index (χ2n) is 6.11. The molecule has 8 nitrogen and oxygen atoms in total. The van der Waals surface area contributed by atoms with Gasteiger partial charge in [-0.25, -0.2) is 14.8 Å². The van der Waals surface area contributed by atoms with Crippen LogP contribution in [0.5, 0.6) is 0 Å². The molecular formula is C19H23N5O3. The molecule has 1 saturated heterocycles. The number of nitrogens with one attached hydrogen (secondary N) is 1. The summed E-state index contributed by atoms with van der Waals surface area (Å²) in [6, 6.07) is 11.6. The fourth-order valence-electron chi connectivity index (χ4n) is 2.83. The summed E-state index contributed by atoms with van der Waals surface area (Å²) in [4.78, 5) is 36.0. The molecule has 2 heterocycles. The fourth-order valence-corrected chi connectivity index (χ4v) is 2.83. The SMILES string of the molecule is CCOC(=O)N1CCN(C(=O)c2cc(NCc3ccccc3)ncn2)CC1. The molecule has 1 fully saturated rings. The maximum Gasteiger partial charge on any atom is 0.409 e. The zero-order chi connectivity index (χ0) is 19.1. The second kappa shape index (κ2) is 8.98. The number of hydrogen-bond acceptors (Lipinski definition) is 6. The van der Waals surface area contributed by atoms with Gasteiger partial charge in [0.25, 0.3) is 5.91 Å². The Kier molecular flexibility index (Phi) is 6.19. The van der Waals surface area contributed by atoms with E-state index in [4.69, 9.17) is 4.74 Å². The molecule has 1 N–H and O–H groups in total. The van der Waals surface area contributed by atoms with Gasteiger partial charge in [-0.2, -0.15) is 0 Å². The van der Waals surface area contributed by atoms with E-state index in [9.17, 15) is 9.59 Å². The van der Waals surface area contributed by atoms with Crippen molar-refractivity contribution >= 4 is 17.8 Å². The lowest BCUT2D eigenvalue weighted by atomic mass is 10.2. The van der Waals surface area contributed by atoms with E-state index in [0.29, 0.717) is 50.8 Å². The number of anilines is 1. The van der Waals surface area contributed by atoms with Crippen LogP contribution in [-0.4, -0.2) is 64.6 Å². The summed E-state index contributed by atoms with van der Waals surface area (Å²) >= 11 is 0. The van der Waals surface area contributed by atoms with E-state index in [-0.39, 0.29) is 12.0 Å². The van der Waals surface area contributed by atoms with Gasteiger partial charge in [0.15, 0.2) is 0 Å². The van der Waals surface area contributed by atoms with Crippen LogP contribution in [0.3, 0.4) is 0 Å². The van der Waals surface area contributed by atoms with Gasteiger partial charge in [0, 0.05) is 38.8 Å². The van der Waals surface area contributed by atoms with Crippen molar-refractivity contribution in [1.82, 2.24) is 19.8 Å². The van der Waals surface area contributed by atoms with Crippen molar-refractivity contribution in [3.05, 3.63) is 54.0 Å². The smallest absolute Gasteiger partial charge is 0.409 e. The number of carbonyl (C=O) groups is 2. The molecule has 0 spiro atoms. The van der Waals surface area contributed by atoms with Crippen LogP contribution < -0.4 is 5.32 Å². The molecule has 0 aliphatic carbocycles. The number of piperazine rings is 1. The summed E-state index contributed by atoms with van der Waals surface area (Å²) in [5.41, 5.74) is 1.46. The van der Waals surface area contributed by atoms with E-state index < -0.39 is 0 Å². The average molecular weight is 369 g/mol. The number of nitrogens with zero attached hydrogens (tertiary/aromatic N) is 4. The van der Waals surface area contributed by atoms with Crippen molar-refractivity contribution in [2.75, 3.05) is 38.1 Å². The molecule has 1 aromatic carbocycles. The number of amides is 2. The number of benzene rings is 1. The highest BCUT2D eigenvalue weighted by molar-refractivity contribution is 5.93. The van der Waals surface area contributed by atoms with Crippen molar-refractivity contribution in [2.45, 2.75) is 13.5 Å². The zero-order valence-corrected chi connectivity index (χ0v) is 15.3. The zero-order valence-electron chi connectivity index (χ0n) is 15.3. The maximum atomic E-state index is 12.7. The molecule has 1 aliphatic rings. The predicted molar refractivity (Wildman–Crippen MR) is 100 cm³/mol. The van der Waals surface area contributed by atoms with E-state index in [1.807, 2.05) is 30.3 Å². The molecular weight excluding hydrogens is 346 g/mol. The van der Waals surface area contributed by atoms with E-state index >= 15 is 0 Å². The Bertz CT molecular complexity index is 776. The first-order chi connectivity index (χ1) is 13.2. The van der Waals surface area contributed by atoms with Crippen molar-refractivity contribution in [3.63, 3.8) is 0 Å². The molecule has 0 radical (unpaired) electrons. The standard InChI is InChI=1S/C19H23N5O3/c1-2-27-19(26)24-10-8-23(9-11-24)18(25)16-12-17(22-14-21-16)20-13-15-6-4-3-5-7-15/h3-7,12,14H,2,8-11,13H2,1H3,(H,20,21,22). The second-order valence-corrected chi connectivity index (χ2v) is 6.11. The largest absolute Gasteiger partial charge is 0.450 e. The minimum Gasteiger partial charge on any atom is -0.450 e. The highest BCUT2D eigenvalue weighted by atomic mass is 16.6. The van der Waals surface area contributed by atoms with Gasteiger partial charge in [0.1, 0.15) is 17.8 Å². The van der Waals surface area contributed by atoms with Crippen LogP contribution in [0.4, 0.5) is 10.6 Å². The van der Waals surface area contributed by atoms with Gasteiger partial charge in [0.2, 0.25) is 0 Å². The number of aromatic nitrogens is 2. The van der Waals surface area contributed by atoms with Crippen molar-refractivity contribution in [2.24, 2.45) is 0 Å². The molecule has 2 amide bonds. The summed E-state index contributed by atoms with van der Waals surface area (Å²) in [5, 5.41) is 3.20. The lowest BCUT2D eigenvalue weighted by molar-refractivity contribution is 0.0566. The monoisotopic (exact) mass is 369 g/mol. The van der Waals surface area contributed by atoms with Gasteiger partial charge in [-0.1, -0.05) is 30.3 Å². The van der Waals surface area contributed by atoms with Crippen LogP contribution in [0.1, 0.15) is 23.0 Å². The Hall–Kier alpha value is -3.16. The summed E-state index contributed by atoms with van der Waals surface area (Å²) < 4.78 is 5.00. The first-order valence-electron chi connectivity index (χ1n) is 8.98. The summed E-state index contributed by atoms with van der Waals surface area (Å²) in [5.74, 6) is 0.436. The van der Waals surface area contributed by atoms with Crippen LogP contribution in [0.15, 0.2) is 42.7 Å².